The fraction of sp³-hybridized carbons (Fsp3) is 0.100. The smallest absolute Gasteiger partial charge is 0.0924 e. The van der Waals surface area contributed by atoms with Gasteiger partial charge in [0.1, 0.15) is 0 Å². The third-order valence-electron chi connectivity index (χ3n) is 2.07. The lowest BCUT2D eigenvalue weighted by atomic mass is 10.1. The number of rotatable bonds is 2. The highest BCUT2D eigenvalue weighted by Gasteiger charge is 2.05. The Balaban J connectivity index is 2.40. The van der Waals surface area contributed by atoms with Crippen molar-refractivity contribution in [2.45, 2.75) is 6.54 Å². The molecule has 0 atom stereocenters. The molecule has 0 spiro atoms. The predicted octanol–water partition coefficient (Wildman–Crippen LogP) is 2.95. The number of benzene rings is 1. The van der Waals surface area contributed by atoms with Crippen molar-refractivity contribution < 1.29 is 0 Å². The normalized spacial score (nSPS) is 10.6. The van der Waals surface area contributed by atoms with E-state index < -0.39 is 0 Å². The van der Waals surface area contributed by atoms with E-state index >= 15 is 0 Å². The van der Waals surface area contributed by atoms with Crippen LogP contribution in [0.25, 0.3) is 11.3 Å². The zero-order chi connectivity index (χ0) is 10.8. The molecular weight excluding hydrogens is 277 g/mol. The second-order valence-electron chi connectivity index (χ2n) is 3.11. The lowest BCUT2D eigenvalue weighted by molar-refractivity contribution is 0.948. The Morgan fingerprint density at radius 1 is 1.40 bits per heavy atom. The maximum Gasteiger partial charge on any atom is 0.0924 e. The van der Waals surface area contributed by atoms with Gasteiger partial charge >= 0.3 is 0 Å². The maximum atomic E-state index is 5.99. The van der Waals surface area contributed by atoms with Crippen LogP contribution in [-0.2, 0) is 6.54 Å². The second kappa shape index (κ2) is 4.35. The molecule has 3 N–H and O–H groups in total. The fourth-order valence-corrected chi connectivity index (χ4v) is 1.70. The number of halogens is 2. The van der Waals surface area contributed by atoms with Crippen LogP contribution in [0.3, 0.4) is 0 Å². The molecule has 1 heterocycles. The van der Waals surface area contributed by atoms with Crippen LogP contribution < -0.4 is 5.73 Å². The summed E-state index contributed by atoms with van der Waals surface area (Å²) in [7, 11) is 0. The van der Waals surface area contributed by atoms with Crippen LogP contribution in [0.4, 0.5) is 0 Å². The van der Waals surface area contributed by atoms with Gasteiger partial charge in [-0.1, -0.05) is 17.7 Å². The van der Waals surface area contributed by atoms with E-state index in [4.69, 9.17) is 17.3 Å². The Morgan fingerprint density at radius 2 is 2.20 bits per heavy atom. The van der Waals surface area contributed by atoms with Crippen molar-refractivity contribution in [3.63, 3.8) is 0 Å². The highest BCUT2D eigenvalue weighted by Crippen LogP contribution is 2.27. The molecule has 5 heteroatoms. The lowest BCUT2D eigenvalue weighted by Gasteiger charge is -1.99. The second-order valence-corrected chi connectivity index (χ2v) is 4.37. The summed E-state index contributed by atoms with van der Waals surface area (Å²) in [6, 6.07) is 7.63. The number of nitrogens with two attached hydrogens (primary N) is 1. The molecule has 0 aliphatic carbocycles. The molecule has 3 nitrogen and oxygen atoms in total. The van der Waals surface area contributed by atoms with Crippen molar-refractivity contribution in [1.82, 2.24) is 10.2 Å². The fourth-order valence-electron chi connectivity index (χ4n) is 1.27. The van der Waals surface area contributed by atoms with E-state index in [9.17, 15) is 0 Å². The van der Waals surface area contributed by atoms with Gasteiger partial charge in [0, 0.05) is 22.3 Å². The summed E-state index contributed by atoms with van der Waals surface area (Å²) >= 11 is 9.34. The molecule has 0 aliphatic heterocycles. The molecule has 0 unspecified atom stereocenters. The van der Waals surface area contributed by atoms with E-state index in [1.807, 2.05) is 24.3 Å². The van der Waals surface area contributed by atoms with Crippen molar-refractivity contribution in [2.24, 2.45) is 5.73 Å². The van der Waals surface area contributed by atoms with Crippen LogP contribution >= 0.6 is 27.5 Å². The van der Waals surface area contributed by atoms with Crippen LogP contribution in [0, 0.1) is 0 Å². The largest absolute Gasteiger partial charge is 0.325 e. The molecule has 78 valence electrons. The van der Waals surface area contributed by atoms with Crippen molar-refractivity contribution in [3.8, 4) is 11.3 Å². The molecule has 1 aromatic heterocycles. The summed E-state index contributed by atoms with van der Waals surface area (Å²) in [4.78, 5) is 0. The van der Waals surface area contributed by atoms with E-state index in [1.54, 1.807) is 0 Å². The van der Waals surface area contributed by atoms with E-state index in [1.165, 1.54) is 0 Å². The summed E-state index contributed by atoms with van der Waals surface area (Å²) in [6.45, 7) is 0.456. The average molecular weight is 287 g/mol. The Morgan fingerprint density at radius 3 is 2.80 bits per heavy atom. The summed E-state index contributed by atoms with van der Waals surface area (Å²) in [6.07, 6.45) is 0. The molecule has 0 amide bonds. The van der Waals surface area contributed by atoms with Crippen molar-refractivity contribution >= 4 is 27.5 Å². The number of nitrogens with zero attached hydrogens (tertiary/aromatic N) is 1. The monoisotopic (exact) mass is 285 g/mol. The van der Waals surface area contributed by atoms with E-state index in [-0.39, 0.29) is 0 Å². The zero-order valence-corrected chi connectivity index (χ0v) is 10.1. The van der Waals surface area contributed by atoms with Crippen LogP contribution in [0.1, 0.15) is 5.69 Å². The summed E-state index contributed by atoms with van der Waals surface area (Å²) in [5, 5.41) is 7.68. The van der Waals surface area contributed by atoms with Gasteiger partial charge in [0.15, 0.2) is 0 Å². The van der Waals surface area contributed by atoms with Gasteiger partial charge in [-0.2, -0.15) is 5.10 Å². The minimum atomic E-state index is 0.456. The highest BCUT2D eigenvalue weighted by atomic mass is 79.9. The Bertz CT molecular complexity index is 481. The number of nitrogens with one attached hydrogen (secondary N) is 1. The number of H-pyrrole nitrogens is 1. The molecule has 0 radical (unpaired) electrons. The van der Waals surface area contributed by atoms with Gasteiger partial charge in [0.05, 0.1) is 10.7 Å². The number of hydrogen-bond donors (Lipinski definition) is 2. The quantitative estimate of drug-likeness (QED) is 0.892. The topological polar surface area (TPSA) is 54.7 Å². The lowest BCUT2D eigenvalue weighted by Crippen LogP contribution is -1.95. The predicted molar refractivity (Wildman–Crippen MR) is 64.6 cm³/mol. The van der Waals surface area contributed by atoms with Gasteiger partial charge < -0.3 is 5.73 Å². The molecule has 0 aliphatic rings. The summed E-state index contributed by atoms with van der Waals surface area (Å²) in [5.41, 5.74) is 8.22. The first kappa shape index (κ1) is 10.7. The van der Waals surface area contributed by atoms with E-state index in [2.05, 4.69) is 26.1 Å². The van der Waals surface area contributed by atoms with Crippen molar-refractivity contribution in [3.05, 3.63) is 39.5 Å². The first-order valence-corrected chi connectivity index (χ1v) is 5.57. The van der Waals surface area contributed by atoms with E-state index in [0.717, 1.165) is 21.4 Å². The van der Waals surface area contributed by atoms with E-state index in [0.29, 0.717) is 11.6 Å². The van der Waals surface area contributed by atoms with Crippen molar-refractivity contribution in [1.29, 1.82) is 0 Å². The third-order valence-corrected chi connectivity index (χ3v) is 3.30. The molecule has 15 heavy (non-hydrogen) atoms. The standard InChI is InChI=1S/C10H9BrClN3/c11-8-2-1-6(3-9(8)12)10-4-7(5-13)14-15-10/h1-4H,5,13H2,(H,14,15). The Labute approximate surface area is 101 Å². The molecule has 0 saturated carbocycles. The average Bonchev–Trinajstić information content (AvgIpc) is 2.70. The molecule has 1 aromatic carbocycles. The van der Waals surface area contributed by atoms with Gasteiger partial charge in [-0.3, -0.25) is 5.10 Å². The van der Waals surface area contributed by atoms with Crippen LogP contribution in [0.2, 0.25) is 5.02 Å². The minimum absolute atomic E-state index is 0.456. The van der Waals surface area contributed by atoms with Crippen LogP contribution in [0.15, 0.2) is 28.7 Å². The van der Waals surface area contributed by atoms with Gasteiger partial charge in [0.2, 0.25) is 0 Å². The Kier molecular flexibility index (Phi) is 3.09. The van der Waals surface area contributed by atoms with Gasteiger partial charge in [-0.15, -0.1) is 0 Å². The van der Waals surface area contributed by atoms with Crippen LogP contribution in [-0.4, -0.2) is 10.2 Å². The first-order chi connectivity index (χ1) is 7.20. The Hall–Kier alpha value is -0.840. The van der Waals surface area contributed by atoms with Gasteiger partial charge in [-0.25, -0.2) is 0 Å². The minimum Gasteiger partial charge on any atom is -0.325 e. The van der Waals surface area contributed by atoms with Crippen LogP contribution in [0.5, 0.6) is 0 Å². The third kappa shape index (κ3) is 2.22. The zero-order valence-electron chi connectivity index (χ0n) is 7.80. The molecule has 0 bridgehead atoms. The number of hydrogen-bond acceptors (Lipinski definition) is 2. The highest BCUT2D eigenvalue weighted by molar-refractivity contribution is 9.10. The molecule has 2 rings (SSSR count). The molecule has 2 aromatic rings. The number of aromatic amines is 1. The van der Waals surface area contributed by atoms with Gasteiger partial charge in [-0.05, 0) is 34.1 Å². The molecule has 0 fully saturated rings. The van der Waals surface area contributed by atoms with Gasteiger partial charge in [0.25, 0.3) is 0 Å². The summed E-state index contributed by atoms with van der Waals surface area (Å²) < 4.78 is 0.877. The molecule has 0 saturated heterocycles. The maximum absolute atomic E-state index is 5.99. The SMILES string of the molecule is NCc1cc(-c2ccc(Br)c(Cl)c2)n[nH]1. The molecular formula is C10H9BrClN3. The van der Waals surface area contributed by atoms with Crippen molar-refractivity contribution in [2.75, 3.05) is 0 Å². The summed E-state index contributed by atoms with van der Waals surface area (Å²) in [5.74, 6) is 0. The number of aromatic nitrogens is 2. The first-order valence-electron chi connectivity index (χ1n) is 4.40.